The van der Waals surface area contributed by atoms with Gasteiger partial charge in [-0.3, -0.25) is 9.59 Å². The lowest BCUT2D eigenvalue weighted by Crippen LogP contribution is -2.45. The van der Waals surface area contributed by atoms with E-state index >= 15 is 0 Å². The monoisotopic (exact) mass is 359 g/mol. The number of amides is 2. The fraction of sp³-hybridized carbons (Fsp3) is 0.600. The number of carbonyl (C=O) groups excluding carboxylic acids is 2. The smallest absolute Gasteiger partial charge is 0.249 e. The van der Waals surface area contributed by atoms with Crippen molar-refractivity contribution in [2.24, 2.45) is 11.1 Å². The SMILES string of the molecule is COc1ccccc1N1CCC(NC(=O)CC2(CN)CCCCC2)C1=O. The lowest BCUT2D eigenvalue weighted by atomic mass is 9.71. The van der Waals surface area contributed by atoms with Gasteiger partial charge in [-0.25, -0.2) is 0 Å². The van der Waals surface area contributed by atoms with Crippen LogP contribution >= 0.6 is 0 Å². The largest absolute Gasteiger partial charge is 0.495 e. The number of carbonyl (C=O) groups is 2. The standard InChI is InChI=1S/C20H29N3O3/c1-26-17-8-4-3-7-16(17)23-12-9-15(19(23)25)22-18(24)13-20(14-21)10-5-2-6-11-20/h3-4,7-8,15H,2,5-6,9-14,21H2,1H3,(H,22,24). The van der Waals surface area contributed by atoms with E-state index in [0.29, 0.717) is 31.7 Å². The topological polar surface area (TPSA) is 84.7 Å². The first-order valence-corrected chi connectivity index (χ1v) is 9.52. The molecule has 2 aliphatic rings. The zero-order valence-corrected chi connectivity index (χ0v) is 15.5. The number of rotatable bonds is 6. The maximum Gasteiger partial charge on any atom is 0.249 e. The van der Waals surface area contributed by atoms with E-state index in [4.69, 9.17) is 10.5 Å². The van der Waals surface area contributed by atoms with Crippen LogP contribution in [0, 0.1) is 5.41 Å². The van der Waals surface area contributed by atoms with Gasteiger partial charge in [0.05, 0.1) is 12.8 Å². The Kier molecular flexibility index (Phi) is 5.81. The number of nitrogens with one attached hydrogen (secondary N) is 1. The van der Waals surface area contributed by atoms with Crippen molar-refractivity contribution in [1.29, 1.82) is 0 Å². The minimum atomic E-state index is -0.467. The van der Waals surface area contributed by atoms with E-state index in [-0.39, 0.29) is 17.2 Å². The molecule has 1 heterocycles. The number of methoxy groups -OCH3 is 1. The number of benzene rings is 1. The number of para-hydroxylation sites is 2. The summed E-state index contributed by atoms with van der Waals surface area (Å²) in [5, 5.41) is 2.95. The lowest BCUT2D eigenvalue weighted by molar-refractivity contribution is -0.128. The second-order valence-electron chi connectivity index (χ2n) is 7.51. The van der Waals surface area contributed by atoms with Gasteiger partial charge in [0.1, 0.15) is 11.8 Å². The van der Waals surface area contributed by atoms with Crippen molar-refractivity contribution >= 4 is 17.5 Å². The molecule has 1 aromatic rings. The summed E-state index contributed by atoms with van der Waals surface area (Å²) in [5.41, 5.74) is 6.64. The van der Waals surface area contributed by atoms with Gasteiger partial charge >= 0.3 is 0 Å². The zero-order chi connectivity index (χ0) is 18.6. The molecular weight excluding hydrogens is 330 g/mol. The van der Waals surface area contributed by atoms with Crippen LogP contribution in [0.15, 0.2) is 24.3 Å². The number of nitrogens with zero attached hydrogens (tertiary/aromatic N) is 1. The van der Waals surface area contributed by atoms with Gasteiger partial charge in [-0.2, -0.15) is 0 Å². The van der Waals surface area contributed by atoms with E-state index in [0.717, 1.165) is 31.4 Å². The minimum absolute atomic E-state index is 0.0578. The molecule has 142 valence electrons. The Balaban J connectivity index is 1.62. The molecule has 0 bridgehead atoms. The van der Waals surface area contributed by atoms with E-state index in [1.54, 1.807) is 12.0 Å². The summed E-state index contributed by atoms with van der Waals surface area (Å²) in [7, 11) is 1.59. The third-order valence-electron chi connectivity index (χ3n) is 5.80. The van der Waals surface area contributed by atoms with E-state index in [1.165, 1.54) is 6.42 Å². The molecule has 1 saturated heterocycles. The van der Waals surface area contributed by atoms with Gasteiger partial charge < -0.3 is 20.7 Å². The summed E-state index contributed by atoms with van der Waals surface area (Å²) < 4.78 is 5.36. The molecular formula is C20H29N3O3. The molecule has 1 atom stereocenters. The molecule has 0 spiro atoms. The van der Waals surface area contributed by atoms with Crippen LogP contribution in [0.3, 0.4) is 0 Å². The maximum atomic E-state index is 12.8. The predicted molar refractivity (Wildman–Crippen MR) is 101 cm³/mol. The molecule has 1 aliphatic carbocycles. The van der Waals surface area contributed by atoms with E-state index in [1.807, 2.05) is 24.3 Å². The van der Waals surface area contributed by atoms with Crippen molar-refractivity contribution in [2.75, 3.05) is 25.1 Å². The third-order valence-corrected chi connectivity index (χ3v) is 5.80. The molecule has 26 heavy (non-hydrogen) atoms. The highest BCUT2D eigenvalue weighted by molar-refractivity contribution is 6.02. The lowest BCUT2D eigenvalue weighted by Gasteiger charge is -2.35. The van der Waals surface area contributed by atoms with Crippen molar-refractivity contribution in [3.63, 3.8) is 0 Å². The molecule has 1 saturated carbocycles. The van der Waals surface area contributed by atoms with Gasteiger partial charge in [-0.15, -0.1) is 0 Å². The van der Waals surface area contributed by atoms with Crippen LogP contribution < -0.4 is 20.7 Å². The first-order valence-electron chi connectivity index (χ1n) is 9.52. The molecule has 6 nitrogen and oxygen atoms in total. The Labute approximate surface area is 155 Å². The first-order chi connectivity index (χ1) is 12.6. The van der Waals surface area contributed by atoms with Crippen LogP contribution in [0.1, 0.15) is 44.9 Å². The Morgan fingerprint density at radius 3 is 2.73 bits per heavy atom. The van der Waals surface area contributed by atoms with Crippen LogP contribution in [0.25, 0.3) is 0 Å². The van der Waals surface area contributed by atoms with Gasteiger partial charge in [-0.1, -0.05) is 31.4 Å². The Morgan fingerprint density at radius 2 is 2.04 bits per heavy atom. The molecule has 6 heteroatoms. The quantitative estimate of drug-likeness (QED) is 0.816. The summed E-state index contributed by atoms with van der Waals surface area (Å²) in [6, 6.07) is 6.99. The molecule has 1 aromatic carbocycles. The van der Waals surface area contributed by atoms with Gasteiger partial charge in [0.15, 0.2) is 0 Å². The van der Waals surface area contributed by atoms with E-state index in [9.17, 15) is 9.59 Å². The van der Waals surface area contributed by atoms with Crippen molar-refractivity contribution in [2.45, 2.75) is 51.0 Å². The van der Waals surface area contributed by atoms with Gasteiger partial charge in [-0.05, 0) is 43.4 Å². The number of ether oxygens (including phenoxy) is 1. The summed E-state index contributed by atoms with van der Waals surface area (Å²) in [6.45, 7) is 1.11. The van der Waals surface area contributed by atoms with E-state index in [2.05, 4.69) is 5.32 Å². The molecule has 2 fully saturated rings. The Bertz CT molecular complexity index is 655. The fourth-order valence-electron chi connectivity index (χ4n) is 4.25. The van der Waals surface area contributed by atoms with Gasteiger partial charge in [0.25, 0.3) is 0 Å². The first kappa shape index (κ1) is 18.7. The highest BCUT2D eigenvalue weighted by Crippen LogP contribution is 2.38. The third kappa shape index (κ3) is 3.85. The van der Waals surface area contributed by atoms with Crippen molar-refractivity contribution in [3.05, 3.63) is 24.3 Å². The van der Waals surface area contributed by atoms with Crippen LogP contribution in [0.5, 0.6) is 5.75 Å². The molecule has 0 radical (unpaired) electrons. The molecule has 1 aliphatic heterocycles. The van der Waals surface area contributed by atoms with Gasteiger partial charge in [0, 0.05) is 13.0 Å². The highest BCUT2D eigenvalue weighted by atomic mass is 16.5. The minimum Gasteiger partial charge on any atom is -0.495 e. The Hall–Kier alpha value is -2.08. The summed E-state index contributed by atoms with van der Waals surface area (Å²) in [4.78, 5) is 27.1. The summed E-state index contributed by atoms with van der Waals surface area (Å²) in [6.07, 6.45) is 6.52. The van der Waals surface area contributed by atoms with Crippen molar-refractivity contribution in [1.82, 2.24) is 5.32 Å². The predicted octanol–water partition coefficient (Wildman–Crippen LogP) is 2.22. The number of hydrogen-bond donors (Lipinski definition) is 2. The summed E-state index contributed by atoms with van der Waals surface area (Å²) >= 11 is 0. The average Bonchev–Trinajstić information content (AvgIpc) is 3.02. The van der Waals surface area contributed by atoms with Crippen LogP contribution in [0.2, 0.25) is 0 Å². The maximum absolute atomic E-state index is 12.8. The molecule has 1 unspecified atom stereocenters. The van der Waals surface area contributed by atoms with Gasteiger partial charge in [0.2, 0.25) is 11.8 Å². The van der Waals surface area contributed by atoms with Crippen LogP contribution in [-0.4, -0.2) is 38.1 Å². The number of anilines is 1. The summed E-state index contributed by atoms with van der Waals surface area (Å²) in [5.74, 6) is 0.531. The molecule has 3 rings (SSSR count). The van der Waals surface area contributed by atoms with Crippen molar-refractivity contribution < 1.29 is 14.3 Å². The molecule has 2 amide bonds. The second-order valence-corrected chi connectivity index (χ2v) is 7.51. The average molecular weight is 359 g/mol. The highest BCUT2D eigenvalue weighted by Gasteiger charge is 2.37. The van der Waals surface area contributed by atoms with Crippen LogP contribution in [-0.2, 0) is 9.59 Å². The number of nitrogens with two attached hydrogens (primary N) is 1. The van der Waals surface area contributed by atoms with E-state index < -0.39 is 6.04 Å². The number of hydrogen-bond acceptors (Lipinski definition) is 4. The molecule has 0 aromatic heterocycles. The fourth-order valence-corrected chi connectivity index (χ4v) is 4.25. The Morgan fingerprint density at radius 1 is 1.31 bits per heavy atom. The van der Waals surface area contributed by atoms with Crippen molar-refractivity contribution in [3.8, 4) is 5.75 Å². The molecule has 3 N–H and O–H groups in total. The zero-order valence-electron chi connectivity index (χ0n) is 15.5. The second kappa shape index (κ2) is 8.08. The normalized spacial score (nSPS) is 22.3. The van der Waals surface area contributed by atoms with Crippen LogP contribution in [0.4, 0.5) is 5.69 Å².